The standard InChI is InChI=1S/C10H12N4/c11-10(12)13-14-6-5-8-3-1-2-4-9(8)7-14/h1-6H,7H2,(H4,11,12,13). The van der Waals surface area contributed by atoms with Gasteiger partial charge in [0.05, 0.1) is 6.54 Å². The maximum Gasteiger partial charge on any atom is 0.204 e. The van der Waals surface area contributed by atoms with Crippen molar-refractivity contribution in [1.82, 2.24) is 10.4 Å². The first-order valence-electron chi connectivity index (χ1n) is 4.39. The lowest BCUT2D eigenvalue weighted by Crippen LogP contribution is -2.42. The zero-order chi connectivity index (χ0) is 9.97. The number of nitrogens with one attached hydrogen (secondary N) is 2. The number of hydrazine groups is 1. The SMILES string of the molecule is N=C(N)NN1C=Cc2ccccc2C1. The van der Waals surface area contributed by atoms with Crippen LogP contribution in [0.15, 0.2) is 30.5 Å². The van der Waals surface area contributed by atoms with Crippen LogP contribution in [0.3, 0.4) is 0 Å². The van der Waals surface area contributed by atoms with Crippen molar-refractivity contribution in [2.24, 2.45) is 5.73 Å². The highest BCUT2D eigenvalue weighted by atomic mass is 15.5. The summed E-state index contributed by atoms with van der Waals surface area (Å²) in [6.45, 7) is 0.728. The van der Waals surface area contributed by atoms with Crippen molar-refractivity contribution in [3.63, 3.8) is 0 Å². The maximum absolute atomic E-state index is 7.11. The fourth-order valence-electron chi connectivity index (χ4n) is 1.48. The molecule has 4 heteroatoms. The molecule has 0 unspecified atom stereocenters. The lowest BCUT2D eigenvalue weighted by atomic mass is 10.1. The van der Waals surface area contributed by atoms with Crippen LogP contribution in [0, 0.1) is 5.41 Å². The van der Waals surface area contributed by atoms with Gasteiger partial charge in [0.2, 0.25) is 5.96 Å². The molecule has 4 N–H and O–H groups in total. The molecule has 0 fully saturated rings. The van der Waals surface area contributed by atoms with Crippen LogP contribution < -0.4 is 11.2 Å². The average molecular weight is 188 g/mol. The second-order valence-corrected chi connectivity index (χ2v) is 3.17. The number of benzene rings is 1. The van der Waals surface area contributed by atoms with Crippen molar-refractivity contribution in [2.45, 2.75) is 6.54 Å². The topological polar surface area (TPSA) is 65.1 Å². The van der Waals surface area contributed by atoms with Gasteiger partial charge >= 0.3 is 0 Å². The smallest absolute Gasteiger partial charge is 0.204 e. The zero-order valence-electron chi connectivity index (χ0n) is 7.70. The number of hydrogen-bond donors (Lipinski definition) is 3. The second kappa shape index (κ2) is 3.41. The summed E-state index contributed by atoms with van der Waals surface area (Å²) in [5, 5.41) is 8.89. The molecule has 1 aromatic rings. The van der Waals surface area contributed by atoms with Crippen LogP contribution >= 0.6 is 0 Å². The normalized spacial score (nSPS) is 13.6. The molecule has 2 rings (SSSR count). The van der Waals surface area contributed by atoms with E-state index in [9.17, 15) is 0 Å². The molecule has 0 bridgehead atoms. The fourth-order valence-corrected chi connectivity index (χ4v) is 1.48. The Kier molecular flexibility index (Phi) is 2.10. The van der Waals surface area contributed by atoms with Crippen LogP contribution in [0.1, 0.15) is 11.1 Å². The van der Waals surface area contributed by atoms with E-state index in [0.29, 0.717) is 0 Å². The van der Waals surface area contributed by atoms with E-state index < -0.39 is 0 Å². The Morgan fingerprint density at radius 3 is 3.00 bits per heavy atom. The highest BCUT2D eigenvalue weighted by Crippen LogP contribution is 2.17. The summed E-state index contributed by atoms with van der Waals surface area (Å²) in [7, 11) is 0. The molecule has 0 radical (unpaired) electrons. The first kappa shape index (κ1) is 8.62. The number of fused-ring (bicyclic) bond motifs is 1. The molecule has 1 aromatic carbocycles. The molecular formula is C10H12N4. The van der Waals surface area contributed by atoms with Gasteiger partial charge in [0.25, 0.3) is 0 Å². The minimum absolute atomic E-state index is 0.0472. The molecule has 0 saturated carbocycles. The van der Waals surface area contributed by atoms with Crippen molar-refractivity contribution < 1.29 is 0 Å². The van der Waals surface area contributed by atoms with E-state index in [1.54, 1.807) is 5.01 Å². The predicted octanol–water partition coefficient (Wildman–Crippen LogP) is 0.871. The predicted molar refractivity (Wildman–Crippen MR) is 56.1 cm³/mol. The summed E-state index contributed by atoms with van der Waals surface area (Å²) in [5.74, 6) is -0.0472. The highest BCUT2D eigenvalue weighted by Gasteiger charge is 2.09. The fraction of sp³-hybridized carbons (Fsp3) is 0.100. The van der Waals surface area contributed by atoms with Crippen LogP contribution in [-0.2, 0) is 6.54 Å². The monoisotopic (exact) mass is 188 g/mol. The number of rotatable bonds is 1. The highest BCUT2D eigenvalue weighted by molar-refractivity contribution is 5.74. The molecule has 14 heavy (non-hydrogen) atoms. The van der Waals surface area contributed by atoms with Gasteiger partial charge < -0.3 is 5.73 Å². The molecular weight excluding hydrogens is 176 g/mol. The molecule has 0 atom stereocenters. The molecule has 0 aliphatic carbocycles. The van der Waals surface area contributed by atoms with Crippen LogP contribution in [0.5, 0.6) is 0 Å². The van der Waals surface area contributed by atoms with Gasteiger partial charge in [0.1, 0.15) is 0 Å². The summed E-state index contributed by atoms with van der Waals surface area (Å²) in [4.78, 5) is 0. The van der Waals surface area contributed by atoms with Crippen molar-refractivity contribution in [2.75, 3.05) is 0 Å². The van der Waals surface area contributed by atoms with E-state index in [2.05, 4.69) is 17.6 Å². The minimum atomic E-state index is -0.0472. The summed E-state index contributed by atoms with van der Waals surface area (Å²) >= 11 is 0. The van der Waals surface area contributed by atoms with E-state index in [4.69, 9.17) is 11.1 Å². The molecule has 0 saturated heterocycles. The Bertz CT molecular complexity index is 383. The van der Waals surface area contributed by atoms with Crippen LogP contribution in [0.2, 0.25) is 0 Å². The molecule has 1 aliphatic rings. The van der Waals surface area contributed by atoms with Gasteiger partial charge in [-0.2, -0.15) is 0 Å². The quantitative estimate of drug-likeness (QED) is 0.452. The number of nitrogens with zero attached hydrogens (tertiary/aromatic N) is 1. The number of guanidine groups is 1. The molecule has 4 nitrogen and oxygen atoms in total. The molecule has 1 aliphatic heterocycles. The minimum Gasteiger partial charge on any atom is -0.369 e. The van der Waals surface area contributed by atoms with Gasteiger partial charge in [-0.1, -0.05) is 24.3 Å². The van der Waals surface area contributed by atoms with Crippen LogP contribution in [0.4, 0.5) is 0 Å². The van der Waals surface area contributed by atoms with Crippen LogP contribution in [-0.4, -0.2) is 11.0 Å². The maximum atomic E-state index is 7.11. The lowest BCUT2D eigenvalue weighted by molar-refractivity contribution is 0.321. The van der Waals surface area contributed by atoms with Gasteiger partial charge in [-0.05, 0) is 17.2 Å². The Hall–Kier alpha value is -1.97. The number of nitrogens with two attached hydrogens (primary N) is 1. The van der Waals surface area contributed by atoms with E-state index >= 15 is 0 Å². The lowest BCUT2D eigenvalue weighted by Gasteiger charge is -2.25. The van der Waals surface area contributed by atoms with E-state index in [0.717, 1.165) is 6.54 Å². The van der Waals surface area contributed by atoms with Crippen molar-refractivity contribution >= 4 is 12.0 Å². The molecule has 0 aromatic heterocycles. The first-order valence-corrected chi connectivity index (χ1v) is 4.39. The second-order valence-electron chi connectivity index (χ2n) is 3.17. The molecule has 1 heterocycles. The third kappa shape index (κ3) is 1.69. The third-order valence-corrected chi connectivity index (χ3v) is 2.09. The van der Waals surface area contributed by atoms with Gasteiger partial charge in [0.15, 0.2) is 0 Å². The summed E-state index contributed by atoms with van der Waals surface area (Å²) in [6.07, 6.45) is 3.87. The van der Waals surface area contributed by atoms with E-state index in [1.807, 2.05) is 24.4 Å². The summed E-state index contributed by atoms with van der Waals surface area (Å²) in [5.41, 5.74) is 10.4. The zero-order valence-corrected chi connectivity index (χ0v) is 7.70. The van der Waals surface area contributed by atoms with Gasteiger partial charge in [0, 0.05) is 6.20 Å². The summed E-state index contributed by atoms with van der Waals surface area (Å²) in [6, 6.07) is 8.14. The Balaban J connectivity index is 2.17. The summed E-state index contributed by atoms with van der Waals surface area (Å²) < 4.78 is 0. The van der Waals surface area contributed by atoms with Gasteiger partial charge in [-0.3, -0.25) is 15.8 Å². The van der Waals surface area contributed by atoms with Crippen molar-refractivity contribution in [3.8, 4) is 0 Å². The van der Waals surface area contributed by atoms with E-state index in [-0.39, 0.29) is 5.96 Å². The number of hydrogen-bond acceptors (Lipinski definition) is 2. The van der Waals surface area contributed by atoms with Gasteiger partial charge in [-0.15, -0.1) is 0 Å². The van der Waals surface area contributed by atoms with Crippen LogP contribution in [0.25, 0.3) is 6.08 Å². The molecule has 0 spiro atoms. The van der Waals surface area contributed by atoms with Gasteiger partial charge in [-0.25, -0.2) is 0 Å². The van der Waals surface area contributed by atoms with E-state index in [1.165, 1.54) is 11.1 Å². The largest absolute Gasteiger partial charge is 0.369 e. The Morgan fingerprint density at radius 2 is 2.21 bits per heavy atom. The molecule has 72 valence electrons. The Labute approximate surface area is 82.5 Å². The molecule has 0 amide bonds. The van der Waals surface area contributed by atoms with Crippen molar-refractivity contribution in [1.29, 1.82) is 5.41 Å². The average Bonchev–Trinajstić information content (AvgIpc) is 2.17. The van der Waals surface area contributed by atoms with Crippen molar-refractivity contribution in [3.05, 3.63) is 41.6 Å². The Morgan fingerprint density at radius 1 is 1.43 bits per heavy atom. The first-order chi connectivity index (χ1) is 6.75. The third-order valence-electron chi connectivity index (χ3n) is 2.09.